The molecular formula is C23H24N4O. The summed E-state index contributed by atoms with van der Waals surface area (Å²) < 4.78 is 0. The second kappa shape index (κ2) is 6.51. The van der Waals surface area contributed by atoms with Crippen molar-refractivity contribution in [2.45, 2.75) is 19.9 Å². The van der Waals surface area contributed by atoms with Gasteiger partial charge in [0.15, 0.2) is 0 Å². The Morgan fingerprint density at radius 3 is 2.71 bits per heavy atom. The van der Waals surface area contributed by atoms with Gasteiger partial charge in [-0.2, -0.15) is 0 Å². The highest BCUT2D eigenvalue weighted by Crippen LogP contribution is 2.47. The zero-order chi connectivity index (χ0) is 19.3. The molecule has 2 N–H and O–H groups in total. The summed E-state index contributed by atoms with van der Waals surface area (Å²) in [6.07, 6.45) is 3.56. The number of aromatic nitrogens is 1. The molecule has 1 aliphatic heterocycles. The van der Waals surface area contributed by atoms with Crippen molar-refractivity contribution in [3.8, 4) is 0 Å². The maximum Gasteiger partial charge on any atom is 0.319 e. The highest BCUT2D eigenvalue weighted by molar-refractivity contribution is 6.01. The Kier molecular flexibility index (Phi) is 3.97. The number of nitrogens with one attached hydrogen (secondary N) is 2. The molecule has 1 saturated heterocycles. The Morgan fingerprint density at radius 1 is 1.11 bits per heavy atom. The van der Waals surface area contributed by atoms with Crippen LogP contribution in [0.4, 0.5) is 16.2 Å². The number of hydrogen-bond donors (Lipinski definition) is 2. The first-order valence-corrected chi connectivity index (χ1v) is 9.82. The normalized spacial score (nSPS) is 22.8. The first kappa shape index (κ1) is 17.0. The number of carbonyl (C=O) groups is 1. The van der Waals surface area contributed by atoms with E-state index in [1.54, 1.807) is 6.20 Å². The summed E-state index contributed by atoms with van der Waals surface area (Å²) in [5.41, 5.74) is 4.77. The summed E-state index contributed by atoms with van der Waals surface area (Å²) in [4.78, 5) is 19.1. The second-order valence-electron chi connectivity index (χ2n) is 8.05. The summed E-state index contributed by atoms with van der Waals surface area (Å²) in [7, 11) is 0. The van der Waals surface area contributed by atoms with Gasteiger partial charge < -0.3 is 15.5 Å². The van der Waals surface area contributed by atoms with E-state index in [0.717, 1.165) is 29.5 Å². The van der Waals surface area contributed by atoms with Crippen LogP contribution < -0.4 is 15.5 Å². The van der Waals surface area contributed by atoms with Crippen LogP contribution in [-0.4, -0.2) is 30.1 Å². The lowest BCUT2D eigenvalue weighted by Gasteiger charge is -2.24. The van der Waals surface area contributed by atoms with E-state index in [4.69, 9.17) is 0 Å². The van der Waals surface area contributed by atoms with Crippen molar-refractivity contribution in [1.82, 2.24) is 10.3 Å². The van der Waals surface area contributed by atoms with Crippen LogP contribution in [-0.2, 0) is 0 Å². The van der Waals surface area contributed by atoms with Crippen molar-refractivity contribution in [3.05, 3.63) is 66.0 Å². The number of benzene rings is 2. The van der Waals surface area contributed by atoms with Crippen molar-refractivity contribution in [2.75, 3.05) is 23.3 Å². The highest BCUT2D eigenvalue weighted by Gasteiger charge is 2.56. The Hall–Kier alpha value is -3.08. The highest BCUT2D eigenvalue weighted by atomic mass is 16.2. The van der Waals surface area contributed by atoms with E-state index >= 15 is 0 Å². The maximum absolute atomic E-state index is 12.5. The van der Waals surface area contributed by atoms with E-state index < -0.39 is 0 Å². The van der Waals surface area contributed by atoms with Crippen LogP contribution in [0.5, 0.6) is 0 Å². The lowest BCUT2D eigenvalue weighted by Crippen LogP contribution is -2.37. The largest absolute Gasteiger partial charge is 0.371 e. The summed E-state index contributed by atoms with van der Waals surface area (Å²) in [6.45, 7) is 6.33. The molecule has 2 fully saturated rings. The van der Waals surface area contributed by atoms with Gasteiger partial charge in [0.25, 0.3) is 0 Å². The van der Waals surface area contributed by atoms with E-state index in [9.17, 15) is 4.79 Å². The van der Waals surface area contributed by atoms with E-state index in [1.165, 1.54) is 16.8 Å². The number of fused-ring (bicyclic) bond motifs is 2. The minimum atomic E-state index is -0.123. The average molecular weight is 372 g/mol. The standard InChI is InChI=1S/C23H24N4O/c1-14-6-7-21(15(2)10-14)27-12-18-19(13-27)22(18)26-23(28)25-20-5-3-4-16-11-24-9-8-17(16)20/h3-11,18-19,22H,12-13H2,1-2H3,(H2,25,26,28). The van der Waals surface area contributed by atoms with Crippen molar-refractivity contribution < 1.29 is 4.79 Å². The lowest BCUT2D eigenvalue weighted by atomic mass is 10.1. The average Bonchev–Trinajstić information content (AvgIpc) is 3.11. The molecule has 0 bridgehead atoms. The van der Waals surface area contributed by atoms with Crippen molar-refractivity contribution >= 4 is 28.2 Å². The van der Waals surface area contributed by atoms with Gasteiger partial charge in [0.05, 0.1) is 5.69 Å². The number of hydrogen-bond acceptors (Lipinski definition) is 3. The van der Waals surface area contributed by atoms with Crippen molar-refractivity contribution in [1.29, 1.82) is 0 Å². The number of anilines is 2. The van der Waals surface area contributed by atoms with Crippen LogP contribution in [0.1, 0.15) is 11.1 Å². The molecule has 1 aromatic heterocycles. The predicted octanol–water partition coefficient (Wildman–Crippen LogP) is 4.11. The number of pyridine rings is 1. The molecule has 1 saturated carbocycles. The van der Waals surface area contributed by atoms with E-state index in [0.29, 0.717) is 11.8 Å². The van der Waals surface area contributed by atoms with Gasteiger partial charge in [-0.05, 0) is 37.6 Å². The molecule has 2 heterocycles. The topological polar surface area (TPSA) is 57.3 Å². The number of nitrogens with zero attached hydrogens (tertiary/aromatic N) is 2. The number of rotatable bonds is 3. The van der Waals surface area contributed by atoms with E-state index in [1.807, 2.05) is 30.5 Å². The minimum absolute atomic E-state index is 0.123. The minimum Gasteiger partial charge on any atom is -0.371 e. The third-order valence-corrected chi connectivity index (χ3v) is 6.11. The Balaban J connectivity index is 1.21. The molecule has 142 valence electrons. The molecule has 1 aliphatic carbocycles. The van der Waals surface area contributed by atoms with Crippen molar-refractivity contribution in [3.63, 3.8) is 0 Å². The summed E-state index contributed by atoms with van der Waals surface area (Å²) in [5, 5.41) is 8.21. The van der Waals surface area contributed by atoms with Gasteiger partial charge in [-0.3, -0.25) is 4.98 Å². The second-order valence-corrected chi connectivity index (χ2v) is 8.05. The third kappa shape index (κ3) is 2.97. The molecule has 2 aromatic carbocycles. The maximum atomic E-state index is 12.5. The fourth-order valence-corrected chi connectivity index (χ4v) is 4.64. The van der Waals surface area contributed by atoms with Gasteiger partial charge in [-0.1, -0.05) is 29.8 Å². The summed E-state index contributed by atoms with van der Waals surface area (Å²) in [6, 6.07) is 14.6. The van der Waals surface area contributed by atoms with Crippen LogP contribution in [0.15, 0.2) is 54.9 Å². The Morgan fingerprint density at radius 2 is 1.93 bits per heavy atom. The van der Waals surface area contributed by atoms with Gasteiger partial charge in [0, 0.05) is 59.8 Å². The number of aryl methyl sites for hydroxylation is 2. The molecule has 5 rings (SSSR count). The Labute approximate surface area is 164 Å². The fraction of sp³-hybridized carbons (Fsp3) is 0.304. The van der Waals surface area contributed by atoms with Crippen LogP contribution in [0.2, 0.25) is 0 Å². The molecule has 2 aliphatic rings. The first-order valence-electron chi connectivity index (χ1n) is 9.82. The number of urea groups is 1. The van der Waals surface area contributed by atoms with Gasteiger partial charge in [0.1, 0.15) is 0 Å². The fourth-order valence-electron chi connectivity index (χ4n) is 4.64. The van der Waals surface area contributed by atoms with Crippen LogP contribution in [0.3, 0.4) is 0 Å². The molecule has 2 atom stereocenters. The monoisotopic (exact) mass is 372 g/mol. The first-order chi connectivity index (χ1) is 13.6. The molecule has 0 radical (unpaired) electrons. The SMILES string of the molecule is Cc1ccc(N2CC3C(C2)C3NC(=O)Nc2cccc3cnccc23)c(C)c1. The number of amides is 2. The zero-order valence-corrected chi connectivity index (χ0v) is 16.1. The molecule has 3 aromatic rings. The summed E-state index contributed by atoms with van der Waals surface area (Å²) in [5.74, 6) is 1.09. The lowest BCUT2D eigenvalue weighted by molar-refractivity contribution is 0.250. The molecule has 0 spiro atoms. The molecule has 28 heavy (non-hydrogen) atoms. The molecule has 2 amide bonds. The van der Waals surface area contributed by atoms with Gasteiger partial charge in [0.2, 0.25) is 0 Å². The van der Waals surface area contributed by atoms with Crippen molar-refractivity contribution in [2.24, 2.45) is 11.8 Å². The molecule has 5 heteroatoms. The van der Waals surface area contributed by atoms with Crippen LogP contribution in [0.25, 0.3) is 10.8 Å². The van der Waals surface area contributed by atoms with E-state index in [2.05, 4.69) is 52.6 Å². The smallest absolute Gasteiger partial charge is 0.319 e. The van der Waals surface area contributed by atoms with Gasteiger partial charge >= 0.3 is 6.03 Å². The number of carbonyl (C=O) groups excluding carboxylic acids is 1. The van der Waals surface area contributed by atoms with Gasteiger partial charge in [-0.15, -0.1) is 0 Å². The van der Waals surface area contributed by atoms with Crippen LogP contribution in [0, 0.1) is 25.7 Å². The molecular weight excluding hydrogens is 348 g/mol. The van der Waals surface area contributed by atoms with Crippen LogP contribution >= 0.6 is 0 Å². The predicted molar refractivity (Wildman–Crippen MR) is 113 cm³/mol. The molecule has 5 nitrogen and oxygen atoms in total. The Bertz CT molecular complexity index is 1050. The summed E-state index contributed by atoms with van der Waals surface area (Å²) >= 11 is 0. The molecule has 2 unspecified atom stereocenters. The number of piperidine rings is 1. The van der Waals surface area contributed by atoms with E-state index in [-0.39, 0.29) is 12.1 Å². The zero-order valence-electron chi connectivity index (χ0n) is 16.1. The quantitative estimate of drug-likeness (QED) is 0.727. The van der Waals surface area contributed by atoms with Gasteiger partial charge in [-0.25, -0.2) is 4.79 Å². The third-order valence-electron chi connectivity index (χ3n) is 6.11.